The Bertz CT molecular complexity index is 694. The van der Waals surface area contributed by atoms with E-state index in [1.165, 1.54) is 0 Å². The van der Waals surface area contributed by atoms with Crippen molar-refractivity contribution in [2.45, 2.75) is 65.2 Å². The maximum Gasteiger partial charge on any atom is 0.414 e. The van der Waals surface area contributed by atoms with E-state index in [1.807, 2.05) is 58.0 Å². The molecule has 0 fully saturated rings. The minimum atomic E-state index is -0.613. The van der Waals surface area contributed by atoms with E-state index in [2.05, 4.69) is 15.9 Å². The molecule has 0 spiro atoms. The van der Waals surface area contributed by atoms with Crippen molar-refractivity contribution in [2.24, 2.45) is 0 Å². The summed E-state index contributed by atoms with van der Waals surface area (Å²) in [7, 11) is 0. The highest BCUT2D eigenvalue weighted by Crippen LogP contribution is 2.33. The number of carbonyl (C=O) groups is 2. The maximum absolute atomic E-state index is 12.9. The van der Waals surface area contributed by atoms with Gasteiger partial charge in [0.2, 0.25) is 0 Å². The van der Waals surface area contributed by atoms with E-state index >= 15 is 0 Å². The minimum Gasteiger partial charge on any atom is -0.443 e. The Kier molecular flexibility index (Phi) is 7.62. The van der Waals surface area contributed by atoms with Crippen LogP contribution in [0.3, 0.4) is 0 Å². The monoisotopic (exact) mass is 437 g/mol. The third-order valence-electron chi connectivity index (χ3n) is 4.07. The average Bonchev–Trinajstić information content (AvgIpc) is 2.58. The number of ether oxygens (including phenoxy) is 2. The molecule has 0 unspecified atom stereocenters. The molecule has 6 heteroatoms. The molecule has 27 heavy (non-hydrogen) atoms. The van der Waals surface area contributed by atoms with Gasteiger partial charge >= 0.3 is 6.09 Å². The number of halogens is 1. The number of rotatable bonds is 6. The van der Waals surface area contributed by atoms with Gasteiger partial charge in [-0.3, -0.25) is 9.69 Å². The van der Waals surface area contributed by atoms with Crippen LogP contribution in [0.1, 0.15) is 52.5 Å². The van der Waals surface area contributed by atoms with Crippen molar-refractivity contribution in [3.63, 3.8) is 0 Å². The Morgan fingerprint density at radius 3 is 2.52 bits per heavy atom. The lowest BCUT2D eigenvalue weighted by Gasteiger charge is -2.38. The van der Waals surface area contributed by atoms with Gasteiger partial charge in [-0.05, 0) is 48.7 Å². The van der Waals surface area contributed by atoms with Crippen LogP contribution in [0.4, 0.5) is 4.79 Å². The third kappa shape index (κ3) is 6.18. The van der Waals surface area contributed by atoms with Crippen LogP contribution in [0.2, 0.25) is 0 Å². The van der Waals surface area contributed by atoms with E-state index in [9.17, 15) is 9.59 Å². The molecule has 1 amide bonds. The van der Waals surface area contributed by atoms with Gasteiger partial charge in [-0.2, -0.15) is 0 Å². The van der Waals surface area contributed by atoms with Gasteiger partial charge in [0.25, 0.3) is 0 Å². The topological polar surface area (TPSA) is 55.8 Å². The Labute approximate surface area is 169 Å². The first-order chi connectivity index (χ1) is 12.7. The molecule has 0 N–H and O–H groups in total. The minimum absolute atomic E-state index is 0.00781. The largest absolute Gasteiger partial charge is 0.443 e. The summed E-state index contributed by atoms with van der Waals surface area (Å²) in [6.45, 7) is 8.22. The molecule has 0 saturated heterocycles. The normalized spacial score (nSPS) is 18.0. The number of ketones is 1. The van der Waals surface area contributed by atoms with E-state index in [4.69, 9.17) is 9.47 Å². The third-order valence-corrected chi connectivity index (χ3v) is 4.97. The highest BCUT2D eigenvalue weighted by Gasteiger charge is 2.38. The van der Waals surface area contributed by atoms with Gasteiger partial charge in [0.15, 0.2) is 5.78 Å². The first kappa shape index (κ1) is 21.6. The van der Waals surface area contributed by atoms with Crippen molar-refractivity contribution < 1.29 is 19.1 Å². The number of allylic oxidation sites excluding steroid dienone is 2. The first-order valence-electron chi connectivity index (χ1n) is 9.28. The van der Waals surface area contributed by atoms with Crippen LogP contribution in [0.25, 0.3) is 0 Å². The molecule has 1 aliphatic heterocycles. The van der Waals surface area contributed by atoms with Crippen molar-refractivity contribution >= 4 is 27.8 Å². The SMILES string of the molecule is CCCC1=C(Br)C(=O)C[C@H](COCc2ccccc2)N1C(=O)OC(C)(C)C. The first-order valence-corrected chi connectivity index (χ1v) is 10.1. The zero-order valence-electron chi connectivity index (χ0n) is 16.5. The molecule has 0 radical (unpaired) electrons. The quantitative estimate of drug-likeness (QED) is 0.614. The highest BCUT2D eigenvalue weighted by atomic mass is 79.9. The second kappa shape index (κ2) is 9.51. The summed E-state index contributed by atoms with van der Waals surface area (Å²) in [6, 6.07) is 9.45. The number of amides is 1. The van der Waals surface area contributed by atoms with Crippen molar-refractivity contribution in [2.75, 3.05) is 6.61 Å². The summed E-state index contributed by atoms with van der Waals surface area (Å²) in [5.41, 5.74) is 1.11. The molecule has 148 valence electrons. The van der Waals surface area contributed by atoms with Crippen LogP contribution in [-0.2, 0) is 20.9 Å². The van der Waals surface area contributed by atoms with Gasteiger partial charge in [-0.15, -0.1) is 0 Å². The van der Waals surface area contributed by atoms with Gasteiger partial charge in [0.1, 0.15) is 5.60 Å². The summed E-state index contributed by atoms with van der Waals surface area (Å²) in [6.07, 6.45) is 1.20. The van der Waals surface area contributed by atoms with E-state index in [-0.39, 0.29) is 24.9 Å². The van der Waals surface area contributed by atoms with Crippen molar-refractivity contribution in [3.8, 4) is 0 Å². The molecule has 1 aromatic carbocycles. The highest BCUT2D eigenvalue weighted by molar-refractivity contribution is 9.12. The van der Waals surface area contributed by atoms with Gasteiger partial charge < -0.3 is 9.47 Å². The standard InChI is InChI=1S/C21H28BrNO4/c1-5-9-17-19(22)18(24)12-16(23(17)20(25)27-21(2,3)4)14-26-13-15-10-7-6-8-11-15/h6-8,10-11,16H,5,9,12-14H2,1-4H3/t16-/m1/s1. The summed E-state index contributed by atoms with van der Waals surface area (Å²) < 4.78 is 11.9. The molecule has 0 aliphatic carbocycles. The molecule has 1 aliphatic rings. The van der Waals surface area contributed by atoms with Crippen molar-refractivity contribution in [1.82, 2.24) is 4.90 Å². The fourth-order valence-electron chi connectivity index (χ4n) is 2.94. The van der Waals surface area contributed by atoms with Crippen LogP contribution in [0.15, 0.2) is 40.5 Å². The lowest BCUT2D eigenvalue weighted by atomic mass is 10.0. The Balaban J connectivity index is 2.18. The van der Waals surface area contributed by atoms with Gasteiger partial charge in [-0.25, -0.2) is 4.79 Å². The van der Waals surface area contributed by atoms with Crippen LogP contribution in [-0.4, -0.2) is 35.0 Å². The molecule has 0 saturated carbocycles. The Morgan fingerprint density at radius 1 is 1.26 bits per heavy atom. The molecular weight excluding hydrogens is 410 g/mol. The summed E-state index contributed by atoms with van der Waals surface area (Å²) in [4.78, 5) is 26.9. The molecule has 1 aromatic rings. The van der Waals surface area contributed by atoms with Crippen LogP contribution < -0.4 is 0 Å². The second-order valence-electron chi connectivity index (χ2n) is 7.64. The predicted octanol–water partition coefficient (Wildman–Crippen LogP) is 5.19. The lowest BCUT2D eigenvalue weighted by molar-refractivity contribution is -0.117. The smallest absolute Gasteiger partial charge is 0.414 e. The lowest BCUT2D eigenvalue weighted by Crippen LogP contribution is -2.48. The van der Waals surface area contributed by atoms with Crippen molar-refractivity contribution in [3.05, 3.63) is 46.1 Å². The van der Waals surface area contributed by atoms with E-state index in [0.29, 0.717) is 23.2 Å². The van der Waals surface area contributed by atoms with Crippen LogP contribution >= 0.6 is 15.9 Å². The predicted molar refractivity (Wildman–Crippen MR) is 108 cm³/mol. The van der Waals surface area contributed by atoms with Gasteiger partial charge in [0, 0.05) is 12.1 Å². The number of nitrogens with zero attached hydrogens (tertiary/aromatic N) is 1. The Morgan fingerprint density at radius 2 is 1.93 bits per heavy atom. The molecule has 1 atom stereocenters. The molecule has 0 aromatic heterocycles. The number of carbonyl (C=O) groups excluding carboxylic acids is 2. The van der Waals surface area contributed by atoms with Crippen LogP contribution in [0, 0.1) is 0 Å². The zero-order chi connectivity index (χ0) is 20.0. The molecule has 0 bridgehead atoms. The number of Topliss-reactive ketones (excluding diaryl/α,β-unsaturated/α-hetero) is 1. The second-order valence-corrected chi connectivity index (χ2v) is 8.44. The van der Waals surface area contributed by atoms with E-state index in [0.717, 1.165) is 12.0 Å². The van der Waals surface area contributed by atoms with E-state index < -0.39 is 11.7 Å². The zero-order valence-corrected chi connectivity index (χ0v) is 18.0. The molecule has 2 rings (SSSR count). The maximum atomic E-state index is 12.9. The summed E-state index contributed by atoms with van der Waals surface area (Å²) >= 11 is 3.38. The fraction of sp³-hybridized carbons (Fsp3) is 0.524. The molecule has 1 heterocycles. The van der Waals surface area contributed by atoms with Gasteiger partial charge in [-0.1, -0.05) is 43.7 Å². The molecular formula is C21H28BrNO4. The number of benzene rings is 1. The average molecular weight is 438 g/mol. The number of hydrogen-bond acceptors (Lipinski definition) is 4. The molecule has 5 nitrogen and oxygen atoms in total. The van der Waals surface area contributed by atoms with E-state index in [1.54, 1.807) is 4.90 Å². The fourth-order valence-corrected chi connectivity index (χ4v) is 3.49. The number of hydrogen-bond donors (Lipinski definition) is 0. The summed E-state index contributed by atoms with van der Waals surface area (Å²) in [5, 5.41) is 0. The summed E-state index contributed by atoms with van der Waals surface area (Å²) in [5.74, 6) is -0.00781. The van der Waals surface area contributed by atoms with Crippen molar-refractivity contribution in [1.29, 1.82) is 0 Å². The Hall–Kier alpha value is -1.66. The van der Waals surface area contributed by atoms with Crippen LogP contribution in [0.5, 0.6) is 0 Å². The van der Waals surface area contributed by atoms with Gasteiger partial charge in [0.05, 0.1) is 23.7 Å².